The minimum Gasteiger partial charge on any atom is -0.292 e. The van der Waals surface area contributed by atoms with Crippen molar-refractivity contribution in [1.29, 1.82) is 0 Å². The summed E-state index contributed by atoms with van der Waals surface area (Å²) >= 11 is 0. The van der Waals surface area contributed by atoms with Crippen LogP contribution >= 0.6 is 0 Å². The van der Waals surface area contributed by atoms with E-state index >= 15 is 0 Å². The normalized spacial score (nSPS) is 12.0. The Morgan fingerprint density at radius 3 is 1.49 bits per heavy atom. The van der Waals surface area contributed by atoms with Gasteiger partial charge in [-0.05, 0) is 73.4 Å². The number of rotatable bonds is 2. The van der Waals surface area contributed by atoms with Crippen LogP contribution in [-0.4, -0.2) is 14.5 Å². The van der Waals surface area contributed by atoms with Crippen LogP contribution < -0.4 is 0 Å². The third kappa shape index (κ3) is 3.46. The van der Waals surface area contributed by atoms with Gasteiger partial charge in [0.25, 0.3) is 0 Å². The molecule has 0 aliphatic carbocycles. The van der Waals surface area contributed by atoms with Gasteiger partial charge in [-0.1, -0.05) is 121 Å². The molecule has 0 aliphatic heterocycles. The van der Waals surface area contributed by atoms with E-state index in [2.05, 4.69) is 144 Å². The van der Waals surface area contributed by atoms with Gasteiger partial charge in [-0.3, -0.25) is 4.57 Å². The summed E-state index contributed by atoms with van der Waals surface area (Å²) in [5.41, 5.74) is 5.91. The van der Waals surface area contributed by atoms with Gasteiger partial charge in [0.05, 0.1) is 22.1 Å². The third-order valence-corrected chi connectivity index (χ3v) is 9.33. The highest BCUT2D eigenvalue weighted by Gasteiger charge is 2.22. The minimum absolute atomic E-state index is 0.832. The molecule has 0 unspecified atom stereocenters. The Hall–Kier alpha value is -6.06. The summed E-state index contributed by atoms with van der Waals surface area (Å²) in [4.78, 5) is 10.7. The first-order valence-corrected chi connectivity index (χ1v) is 15.4. The Morgan fingerprint density at radius 2 is 0.867 bits per heavy atom. The molecule has 2 aromatic heterocycles. The van der Waals surface area contributed by atoms with Crippen molar-refractivity contribution in [3.63, 3.8) is 0 Å². The lowest BCUT2D eigenvalue weighted by molar-refractivity contribution is 1.08. The van der Waals surface area contributed by atoms with Crippen LogP contribution in [0, 0.1) is 0 Å². The van der Waals surface area contributed by atoms with Gasteiger partial charge in [0.2, 0.25) is 0 Å². The Labute approximate surface area is 258 Å². The van der Waals surface area contributed by atoms with E-state index in [1.807, 2.05) is 12.1 Å². The molecule has 0 saturated heterocycles. The van der Waals surface area contributed by atoms with E-state index in [1.54, 1.807) is 0 Å². The van der Waals surface area contributed by atoms with Gasteiger partial charge in [0, 0.05) is 16.3 Å². The average Bonchev–Trinajstić information content (AvgIpc) is 3.45. The van der Waals surface area contributed by atoms with Gasteiger partial charge < -0.3 is 0 Å². The molecule has 0 saturated carbocycles. The Balaban J connectivity index is 1.44. The molecule has 0 fully saturated rings. The molecule has 0 radical (unpaired) electrons. The molecule has 0 aliphatic rings. The van der Waals surface area contributed by atoms with Crippen molar-refractivity contribution in [3.05, 3.63) is 152 Å². The number of nitrogens with zero attached hydrogens (tertiary/aromatic N) is 3. The highest BCUT2D eigenvalue weighted by Crippen LogP contribution is 2.43. The zero-order valence-electron chi connectivity index (χ0n) is 24.3. The predicted molar refractivity (Wildman–Crippen MR) is 189 cm³/mol. The fourth-order valence-corrected chi connectivity index (χ4v) is 7.37. The largest absolute Gasteiger partial charge is 0.292 e. The molecule has 0 amide bonds. The maximum Gasteiger partial charge on any atom is 0.165 e. The van der Waals surface area contributed by atoms with Gasteiger partial charge in [0.1, 0.15) is 5.69 Å². The zero-order chi connectivity index (χ0) is 29.5. The maximum absolute atomic E-state index is 5.39. The van der Waals surface area contributed by atoms with Crippen LogP contribution in [0.2, 0.25) is 0 Å². The Kier molecular flexibility index (Phi) is 5.00. The standard InChI is InChI=1S/C42H25N3/c1-2-12-27-25-28(24-23-26(27)11-1)41-42(44-36-20-8-7-19-35(36)43-41)45-37-21-9-17-33-31-15-5-3-13-29(31)30-14-4-6-16-32(30)34-18-10-22-38(45)40(34)39(33)37/h1-25H. The summed E-state index contributed by atoms with van der Waals surface area (Å²) in [5.74, 6) is 0.832. The van der Waals surface area contributed by atoms with Crippen molar-refractivity contribution in [1.82, 2.24) is 14.5 Å². The van der Waals surface area contributed by atoms with Crippen molar-refractivity contribution in [2.75, 3.05) is 0 Å². The molecule has 10 rings (SSSR count). The molecule has 0 bridgehead atoms. The van der Waals surface area contributed by atoms with Gasteiger partial charge >= 0.3 is 0 Å². The lowest BCUT2D eigenvalue weighted by Gasteiger charge is -2.14. The molecule has 3 nitrogen and oxygen atoms in total. The number of aromatic nitrogens is 3. The molecule has 45 heavy (non-hydrogen) atoms. The molecule has 10 aromatic rings. The van der Waals surface area contributed by atoms with Crippen LogP contribution in [0.1, 0.15) is 0 Å². The molecular weight excluding hydrogens is 546 g/mol. The predicted octanol–water partition coefficient (Wildman–Crippen LogP) is 11.0. The van der Waals surface area contributed by atoms with E-state index in [0.29, 0.717) is 0 Å². The molecule has 8 aromatic carbocycles. The van der Waals surface area contributed by atoms with Crippen molar-refractivity contribution in [3.8, 4) is 17.1 Å². The first kappa shape index (κ1) is 24.4. The van der Waals surface area contributed by atoms with E-state index in [9.17, 15) is 0 Å². The second kappa shape index (κ2) is 9.22. The molecule has 0 atom stereocenters. The second-order valence-electron chi connectivity index (χ2n) is 11.8. The van der Waals surface area contributed by atoms with Crippen LogP contribution in [0.15, 0.2) is 152 Å². The summed E-state index contributed by atoms with van der Waals surface area (Å²) in [5, 5.41) is 12.3. The van der Waals surface area contributed by atoms with Crippen molar-refractivity contribution >= 4 is 75.9 Å². The molecule has 2 heterocycles. The van der Waals surface area contributed by atoms with E-state index in [-0.39, 0.29) is 0 Å². The van der Waals surface area contributed by atoms with E-state index in [4.69, 9.17) is 9.97 Å². The second-order valence-corrected chi connectivity index (χ2v) is 11.8. The van der Waals surface area contributed by atoms with E-state index in [1.165, 1.54) is 53.9 Å². The first-order chi connectivity index (χ1) is 22.3. The highest BCUT2D eigenvalue weighted by molar-refractivity contribution is 6.33. The quantitative estimate of drug-likeness (QED) is 0.207. The van der Waals surface area contributed by atoms with Crippen LogP contribution in [0.4, 0.5) is 0 Å². The van der Waals surface area contributed by atoms with E-state index < -0.39 is 0 Å². The average molecular weight is 572 g/mol. The van der Waals surface area contributed by atoms with Gasteiger partial charge in [-0.15, -0.1) is 0 Å². The van der Waals surface area contributed by atoms with Crippen molar-refractivity contribution in [2.24, 2.45) is 0 Å². The fourth-order valence-electron chi connectivity index (χ4n) is 7.37. The van der Waals surface area contributed by atoms with Crippen LogP contribution in [0.5, 0.6) is 0 Å². The lowest BCUT2D eigenvalue weighted by Crippen LogP contribution is -2.03. The maximum atomic E-state index is 5.39. The minimum atomic E-state index is 0.832. The highest BCUT2D eigenvalue weighted by atomic mass is 15.1. The summed E-state index contributed by atoms with van der Waals surface area (Å²) in [6.45, 7) is 0. The van der Waals surface area contributed by atoms with Gasteiger partial charge in [-0.2, -0.15) is 0 Å². The SMILES string of the molecule is c1ccc2cc(-c3nc4ccccc4nc3-n3c4cccc5c6ccccc6c6ccccc6c6cccc3c6c54)ccc2c1. The molecule has 3 heteroatoms. The zero-order valence-corrected chi connectivity index (χ0v) is 24.3. The summed E-state index contributed by atoms with van der Waals surface area (Å²) in [7, 11) is 0. The van der Waals surface area contributed by atoms with Gasteiger partial charge in [-0.25, -0.2) is 9.97 Å². The van der Waals surface area contributed by atoms with Crippen LogP contribution in [0.25, 0.3) is 93.0 Å². The molecular formula is C42H25N3. The van der Waals surface area contributed by atoms with Crippen molar-refractivity contribution in [2.45, 2.75) is 0 Å². The number of hydrogen-bond acceptors (Lipinski definition) is 2. The molecule has 0 N–H and O–H groups in total. The van der Waals surface area contributed by atoms with Gasteiger partial charge in [0.15, 0.2) is 5.82 Å². The van der Waals surface area contributed by atoms with E-state index in [0.717, 1.165) is 39.1 Å². The summed E-state index contributed by atoms with van der Waals surface area (Å²) in [6, 6.07) is 54.2. The number of para-hydroxylation sites is 2. The van der Waals surface area contributed by atoms with Crippen molar-refractivity contribution < 1.29 is 0 Å². The Bertz CT molecular complexity index is 2710. The smallest absolute Gasteiger partial charge is 0.165 e. The summed E-state index contributed by atoms with van der Waals surface area (Å²) < 4.78 is 2.35. The number of benzene rings is 7. The topological polar surface area (TPSA) is 30.7 Å². The number of hydrogen-bond donors (Lipinski definition) is 0. The monoisotopic (exact) mass is 571 g/mol. The fraction of sp³-hybridized carbons (Fsp3) is 0. The van der Waals surface area contributed by atoms with Crippen LogP contribution in [0.3, 0.4) is 0 Å². The summed E-state index contributed by atoms with van der Waals surface area (Å²) in [6.07, 6.45) is 0. The van der Waals surface area contributed by atoms with Crippen LogP contribution in [-0.2, 0) is 0 Å². The number of fused-ring (bicyclic) bond motifs is 7. The molecule has 208 valence electrons. The Morgan fingerprint density at radius 1 is 0.378 bits per heavy atom. The lowest BCUT2D eigenvalue weighted by atomic mass is 9.95. The first-order valence-electron chi connectivity index (χ1n) is 15.4. The molecule has 0 spiro atoms. The third-order valence-electron chi connectivity index (χ3n) is 9.33.